The van der Waals surface area contributed by atoms with Crippen molar-refractivity contribution in [3.63, 3.8) is 0 Å². The first kappa shape index (κ1) is 19.1. The second-order valence-corrected chi connectivity index (χ2v) is 8.99. The number of rotatable bonds is 5. The summed E-state index contributed by atoms with van der Waals surface area (Å²) in [5.74, 6) is -0.0732. The predicted octanol–water partition coefficient (Wildman–Crippen LogP) is 5.84. The zero-order chi connectivity index (χ0) is 20.5. The molecule has 0 fully saturated rings. The Balaban J connectivity index is 1.39. The first-order valence-corrected chi connectivity index (χ1v) is 11.4. The molecular formula is C23H18FN3OS2. The Morgan fingerprint density at radius 3 is 2.80 bits per heavy atom. The zero-order valence-electron chi connectivity index (χ0n) is 15.9. The van der Waals surface area contributed by atoms with Gasteiger partial charge >= 0.3 is 0 Å². The van der Waals surface area contributed by atoms with Crippen molar-refractivity contribution in [3.8, 4) is 0 Å². The molecule has 1 aliphatic heterocycles. The lowest BCUT2D eigenvalue weighted by Crippen LogP contribution is -2.28. The van der Waals surface area contributed by atoms with Crippen molar-refractivity contribution in [1.29, 1.82) is 0 Å². The van der Waals surface area contributed by atoms with Crippen LogP contribution in [0.15, 0.2) is 82.2 Å². The van der Waals surface area contributed by atoms with Crippen LogP contribution in [0.1, 0.15) is 22.9 Å². The molecule has 5 rings (SSSR count). The normalized spacial score (nSPS) is 16.2. The molecule has 4 nitrogen and oxygen atoms in total. The van der Waals surface area contributed by atoms with Gasteiger partial charge in [0.25, 0.3) is 5.91 Å². The van der Waals surface area contributed by atoms with Crippen molar-refractivity contribution in [2.24, 2.45) is 5.10 Å². The summed E-state index contributed by atoms with van der Waals surface area (Å²) in [6.07, 6.45) is 2.56. The van der Waals surface area contributed by atoms with E-state index in [1.165, 1.54) is 23.9 Å². The highest BCUT2D eigenvalue weighted by atomic mass is 32.2. The van der Waals surface area contributed by atoms with E-state index < -0.39 is 0 Å². The molecule has 1 atom stereocenters. The molecule has 1 aliphatic rings. The van der Waals surface area contributed by atoms with Crippen LogP contribution in [0, 0.1) is 5.82 Å². The lowest BCUT2D eigenvalue weighted by molar-refractivity contribution is -0.130. The maximum Gasteiger partial charge on any atom is 0.253 e. The number of carbonyl (C=O) groups is 1. The Hall–Kier alpha value is -2.90. The minimum absolute atomic E-state index is 0.0637. The van der Waals surface area contributed by atoms with Crippen molar-refractivity contribution in [3.05, 3.63) is 88.5 Å². The van der Waals surface area contributed by atoms with Gasteiger partial charge < -0.3 is 4.98 Å². The van der Waals surface area contributed by atoms with Gasteiger partial charge in [-0.1, -0.05) is 36.4 Å². The van der Waals surface area contributed by atoms with E-state index >= 15 is 0 Å². The minimum atomic E-state index is -0.288. The summed E-state index contributed by atoms with van der Waals surface area (Å²) < 4.78 is 13.4. The molecule has 0 bridgehead atoms. The van der Waals surface area contributed by atoms with E-state index in [1.54, 1.807) is 28.5 Å². The fourth-order valence-corrected chi connectivity index (χ4v) is 5.25. The molecule has 30 heavy (non-hydrogen) atoms. The molecule has 2 aromatic carbocycles. The lowest BCUT2D eigenvalue weighted by atomic mass is 10.0. The molecule has 150 valence electrons. The van der Waals surface area contributed by atoms with Crippen molar-refractivity contribution in [1.82, 2.24) is 9.99 Å². The van der Waals surface area contributed by atoms with Crippen LogP contribution in [0.25, 0.3) is 10.9 Å². The Morgan fingerprint density at radius 1 is 1.17 bits per heavy atom. The molecule has 0 radical (unpaired) electrons. The summed E-state index contributed by atoms with van der Waals surface area (Å²) in [6.45, 7) is 0. The number of fused-ring (bicyclic) bond motifs is 1. The second kappa shape index (κ2) is 8.08. The molecule has 0 aliphatic carbocycles. The summed E-state index contributed by atoms with van der Waals surface area (Å²) in [5, 5.41) is 9.35. The van der Waals surface area contributed by atoms with Crippen LogP contribution in [-0.2, 0) is 4.79 Å². The van der Waals surface area contributed by atoms with E-state index in [1.807, 2.05) is 48.0 Å². The van der Waals surface area contributed by atoms with Crippen LogP contribution in [0.2, 0.25) is 0 Å². The molecule has 3 heterocycles. The summed E-state index contributed by atoms with van der Waals surface area (Å²) in [7, 11) is 0. The van der Waals surface area contributed by atoms with Crippen molar-refractivity contribution < 1.29 is 9.18 Å². The summed E-state index contributed by atoms with van der Waals surface area (Å²) in [6, 6.07) is 18.1. The first-order chi connectivity index (χ1) is 14.7. The van der Waals surface area contributed by atoms with E-state index in [0.717, 1.165) is 32.0 Å². The standard InChI is InChI=1S/C23H18FN3OS2/c24-16-9-7-15(8-10-16)20-12-19(21-6-3-11-29-21)26-27(20)23(28)14-30-22-13-25-18-5-2-1-4-17(18)22/h1-11,13,20,25H,12,14H2. The van der Waals surface area contributed by atoms with Crippen molar-refractivity contribution >= 4 is 45.6 Å². The van der Waals surface area contributed by atoms with Crippen LogP contribution >= 0.6 is 23.1 Å². The highest BCUT2D eigenvalue weighted by Crippen LogP contribution is 2.35. The lowest BCUT2D eigenvalue weighted by Gasteiger charge is -2.22. The molecular weight excluding hydrogens is 417 g/mol. The van der Waals surface area contributed by atoms with Gasteiger partial charge in [-0.2, -0.15) is 5.10 Å². The van der Waals surface area contributed by atoms with Crippen LogP contribution in [-0.4, -0.2) is 27.4 Å². The highest BCUT2D eigenvalue weighted by molar-refractivity contribution is 8.00. The van der Waals surface area contributed by atoms with Gasteiger partial charge in [-0.15, -0.1) is 23.1 Å². The van der Waals surface area contributed by atoms with Crippen LogP contribution < -0.4 is 0 Å². The maximum atomic E-state index is 13.4. The van der Waals surface area contributed by atoms with Gasteiger partial charge in [0, 0.05) is 28.4 Å². The smallest absolute Gasteiger partial charge is 0.253 e. The van der Waals surface area contributed by atoms with E-state index in [2.05, 4.69) is 10.1 Å². The maximum absolute atomic E-state index is 13.4. The van der Waals surface area contributed by atoms with Crippen LogP contribution in [0.4, 0.5) is 4.39 Å². The molecule has 1 N–H and O–H groups in total. The van der Waals surface area contributed by atoms with Gasteiger partial charge in [0.05, 0.1) is 22.4 Å². The number of thiophene rings is 1. The van der Waals surface area contributed by atoms with E-state index in [9.17, 15) is 9.18 Å². The molecule has 0 saturated heterocycles. The molecule has 2 aromatic heterocycles. The van der Waals surface area contributed by atoms with E-state index in [-0.39, 0.29) is 23.5 Å². The number of thioether (sulfide) groups is 1. The fraction of sp³-hybridized carbons (Fsp3) is 0.130. The first-order valence-electron chi connectivity index (χ1n) is 9.57. The third-order valence-corrected chi connectivity index (χ3v) is 7.09. The Kier molecular flexibility index (Phi) is 5.14. The van der Waals surface area contributed by atoms with E-state index in [0.29, 0.717) is 6.42 Å². The summed E-state index contributed by atoms with van der Waals surface area (Å²) >= 11 is 3.11. The van der Waals surface area contributed by atoms with Gasteiger partial charge in [-0.05, 0) is 35.2 Å². The largest absolute Gasteiger partial charge is 0.360 e. The number of hydrogen-bond acceptors (Lipinski definition) is 4. The zero-order valence-corrected chi connectivity index (χ0v) is 17.5. The number of aromatic amines is 1. The molecule has 0 spiro atoms. The fourth-order valence-electron chi connectivity index (χ4n) is 3.65. The van der Waals surface area contributed by atoms with Gasteiger partial charge in [0.2, 0.25) is 0 Å². The number of benzene rings is 2. The van der Waals surface area contributed by atoms with Crippen molar-refractivity contribution in [2.45, 2.75) is 17.4 Å². The molecule has 1 amide bonds. The van der Waals surface area contributed by atoms with Gasteiger partial charge in [-0.25, -0.2) is 9.40 Å². The number of hydrogen-bond donors (Lipinski definition) is 1. The Bertz CT molecular complexity index is 1210. The topological polar surface area (TPSA) is 48.5 Å². The summed E-state index contributed by atoms with van der Waals surface area (Å²) in [5.41, 5.74) is 2.83. The monoisotopic (exact) mass is 435 g/mol. The average molecular weight is 436 g/mol. The molecule has 1 unspecified atom stereocenters. The highest BCUT2D eigenvalue weighted by Gasteiger charge is 2.33. The number of H-pyrrole nitrogens is 1. The molecule has 7 heteroatoms. The number of amides is 1. The molecule has 4 aromatic rings. The number of nitrogens with one attached hydrogen (secondary N) is 1. The summed E-state index contributed by atoms with van der Waals surface area (Å²) in [4.78, 5) is 18.5. The third kappa shape index (κ3) is 3.66. The third-order valence-electron chi connectivity index (χ3n) is 5.13. The predicted molar refractivity (Wildman–Crippen MR) is 120 cm³/mol. The second-order valence-electron chi connectivity index (χ2n) is 7.02. The van der Waals surface area contributed by atoms with Crippen LogP contribution in [0.5, 0.6) is 0 Å². The number of aromatic nitrogens is 1. The van der Waals surface area contributed by atoms with Gasteiger partial charge in [0.15, 0.2) is 0 Å². The van der Waals surface area contributed by atoms with Crippen LogP contribution in [0.3, 0.4) is 0 Å². The molecule has 0 saturated carbocycles. The van der Waals surface area contributed by atoms with Gasteiger partial charge in [0.1, 0.15) is 5.82 Å². The number of hydrazone groups is 1. The number of nitrogens with zero attached hydrogens (tertiary/aromatic N) is 2. The minimum Gasteiger partial charge on any atom is -0.360 e. The number of para-hydroxylation sites is 1. The van der Waals surface area contributed by atoms with E-state index in [4.69, 9.17) is 0 Å². The Labute approximate surface area is 181 Å². The average Bonchev–Trinajstić information content (AvgIpc) is 3.51. The quantitative estimate of drug-likeness (QED) is 0.401. The van der Waals surface area contributed by atoms with Crippen molar-refractivity contribution in [2.75, 3.05) is 5.75 Å². The van der Waals surface area contributed by atoms with Gasteiger partial charge in [-0.3, -0.25) is 4.79 Å². The number of carbonyl (C=O) groups excluding carboxylic acids is 1. The SMILES string of the molecule is O=C(CSc1c[nH]c2ccccc12)N1N=C(c2cccs2)CC1c1ccc(F)cc1. The Morgan fingerprint density at radius 2 is 2.00 bits per heavy atom. The number of halogens is 1.